The van der Waals surface area contributed by atoms with E-state index in [0.29, 0.717) is 19.4 Å². The van der Waals surface area contributed by atoms with Crippen LogP contribution in [0.25, 0.3) is 0 Å². The number of nitrogens with one attached hydrogen (secondary N) is 1. The van der Waals surface area contributed by atoms with Crippen LogP contribution in [0.5, 0.6) is 0 Å². The van der Waals surface area contributed by atoms with E-state index in [9.17, 15) is 14.4 Å². The van der Waals surface area contributed by atoms with Crippen LogP contribution in [0.3, 0.4) is 0 Å². The first-order valence-electron chi connectivity index (χ1n) is 7.75. The zero-order chi connectivity index (χ0) is 15.8. The second-order valence-corrected chi connectivity index (χ2v) is 5.75. The van der Waals surface area contributed by atoms with Crippen LogP contribution in [0.1, 0.15) is 52.4 Å². The van der Waals surface area contributed by atoms with E-state index < -0.39 is 17.9 Å². The van der Waals surface area contributed by atoms with Crippen molar-refractivity contribution >= 4 is 17.8 Å². The molecule has 2 N–H and O–H groups in total. The van der Waals surface area contributed by atoms with Gasteiger partial charge in [-0.05, 0) is 18.8 Å². The Morgan fingerprint density at radius 1 is 1.29 bits per heavy atom. The first-order chi connectivity index (χ1) is 9.95. The van der Waals surface area contributed by atoms with Gasteiger partial charge in [0.1, 0.15) is 6.04 Å². The molecule has 0 aromatic rings. The van der Waals surface area contributed by atoms with Gasteiger partial charge in [-0.15, -0.1) is 0 Å². The molecule has 0 aliphatic carbocycles. The van der Waals surface area contributed by atoms with Crippen LogP contribution in [0, 0.1) is 5.92 Å². The molecule has 2 atom stereocenters. The van der Waals surface area contributed by atoms with Gasteiger partial charge in [0.15, 0.2) is 0 Å². The normalized spacial score (nSPS) is 19.3. The summed E-state index contributed by atoms with van der Waals surface area (Å²) in [6.07, 6.45) is 5.02. The first-order valence-corrected chi connectivity index (χ1v) is 7.75. The van der Waals surface area contributed by atoms with E-state index >= 15 is 0 Å². The number of carboxylic acid groups (broad SMARTS) is 1. The van der Waals surface area contributed by atoms with Gasteiger partial charge in [-0.1, -0.05) is 33.1 Å². The van der Waals surface area contributed by atoms with E-state index in [4.69, 9.17) is 5.11 Å². The molecule has 2 unspecified atom stereocenters. The van der Waals surface area contributed by atoms with Crippen molar-refractivity contribution in [1.29, 1.82) is 0 Å². The molecular weight excluding hydrogens is 272 g/mol. The highest BCUT2D eigenvalue weighted by molar-refractivity contribution is 5.88. The second-order valence-electron chi connectivity index (χ2n) is 5.75. The maximum Gasteiger partial charge on any atom is 0.326 e. The zero-order valence-electron chi connectivity index (χ0n) is 12.9. The summed E-state index contributed by atoms with van der Waals surface area (Å²) in [5.74, 6) is -1.58. The minimum atomic E-state index is -1.03. The fourth-order valence-electron chi connectivity index (χ4n) is 2.46. The summed E-state index contributed by atoms with van der Waals surface area (Å²) in [7, 11) is 0. The highest BCUT2D eigenvalue weighted by Crippen LogP contribution is 2.12. The van der Waals surface area contributed by atoms with Gasteiger partial charge in [0.05, 0.1) is 6.54 Å². The first kappa shape index (κ1) is 17.5. The summed E-state index contributed by atoms with van der Waals surface area (Å²) < 4.78 is 0. The average Bonchev–Trinajstić information content (AvgIpc) is 2.43. The van der Waals surface area contributed by atoms with Crippen molar-refractivity contribution in [2.75, 3.05) is 13.1 Å². The Hall–Kier alpha value is -1.59. The number of carbonyl (C=O) groups excluding carboxylic acids is 2. The molecule has 0 spiro atoms. The Morgan fingerprint density at radius 3 is 2.57 bits per heavy atom. The predicted octanol–water partition coefficient (Wildman–Crippen LogP) is 1.39. The molecule has 1 saturated heterocycles. The number of aliphatic carboxylic acids is 1. The van der Waals surface area contributed by atoms with Gasteiger partial charge in [-0.2, -0.15) is 0 Å². The fraction of sp³-hybridized carbons (Fsp3) is 0.800. The van der Waals surface area contributed by atoms with Crippen molar-refractivity contribution < 1.29 is 19.5 Å². The SMILES string of the molecule is CCC(C)C(NC(=O)CN1CCCCCCC1=O)C(=O)O. The largest absolute Gasteiger partial charge is 0.480 e. The van der Waals surface area contributed by atoms with Gasteiger partial charge in [-0.3, -0.25) is 9.59 Å². The molecule has 0 bridgehead atoms. The third kappa shape index (κ3) is 5.73. The molecule has 0 radical (unpaired) electrons. The van der Waals surface area contributed by atoms with Crippen LogP contribution in [-0.2, 0) is 14.4 Å². The summed E-state index contributed by atoms with van der Waals surface area (Å²) in [6, 6.07) is -0.896. The summed E-state index contributed by atoms with van der Waals surface area (Å²) in [6.45, 7) is 4.21. The quantitative estimate of drug-likeness (QED) is 0.776. The third-order valence-corrected chi connectivity index (χ3v) is 4.05. The lowest BCUT2D eigenvalue weighted by Gasteiger charge is -2.26. The zero-order valence-corrected chi connectivity index (χ0v) is 12.9. The second kappa shape index (κ2) is 8.64. The molecule has 1 heterocycles. The summed E-state index contributed by atoms with van der Waals surface area (Å²) in [5, 5.41) is 11.7. The van der Waals surface area contributed by atoms with Crippen molar-refractivity contribution in [1.82, 2.24) is 10.2 Å². The number of carboxylic acids is 1. The number of amides is 2. The molecule has 1 rings (SSSR count). The number of likely N-dealkylation sites (tertiary alicyclic amines) is 1. The van der Waals surface area contributed by atoms with Gasteiger partial charge < -0.3 is 15.3 Å². The molecule has 21 heavy (non-hydrogen) atoms. The number of hydrogen-bond donors (Lipinski definition) is 2. The average molecular weight is 298 g/mol. The Balaban J connectivity index is 2.57. The van der Waals surface area contributed by atoms with Crippen molar-refractivity contribution in [3.8, 4) is 0 Å². The van der Waals surface area contributed by atoms with Crippen molar-refractivity contribution in [2.45, 2.75) is 58.4 Å². The van der Waals surface area contributed by atoms with Crippen LogP contribution >= 0.6 is 0 Å². The highest BCUT2D eigenvalue weighted by Gasteiger charge is 2.26. The molecule has 1 aliphatic heterocycles. The van der Waals surface area contributed by atoms with Crippen molar-refractivity contribution in [3.63, 3.8) is 0 Å². The van der Waals surface area contributed by atoms with E-state index in [2.05, 4.69) is 5.32 Å². The molecule has 0 saturated carbocycles. The van der Waals surface area contributed by atoms with Crippen LogP contribution < -0.4 is 5.32 Å². The Labute approximate surface area is 125 Å². The molecule has 1 fully saturated rings. The number of nitrogens with zero attached hydrogens (tertiary/aromatic N) is 1. The van der Waals surface area contributed by atoms with Crippen molar-refractivity contribution in [2.24, 2.45) is 5.92 Å². The topological polar surface area (TPSA) is 86.7 Å². The highest BCUT2D eigenvalue weighted by atomic mass is 16.4. The van der Waals surface area contributed by atoms with Gasteiger partial charge in [0.2, 0.25) is 11.8 Å². The molecule has 0 aromatic carbocycles. The van der Waals surface area contributed by atoms with Crippen molar-refractivity contribution in [3.05, 3.63) is 0 Å². The van der Waals surface area contributed by atoms with E-state index in [-0.39, 0.29) is 18.4 Å². The smallest absolute Gasteiger partial charge is 0.326 e. The van der Waals surface area contributed by atoms with Gasteiger partial charge in [-0.25, -0.2) is 4.79 Å². The lowest BCUT2D eigenvalue weighted by atomic mass is 9.99. The minimum absolute atomic E-state index is 0.0136. The van der Waals surface area contributed by atoms with Gasteiger partial charge >= 0.3 is 5.97 Å². The molecule has 120 valence electrons. The number of hydrogen-bond acceptors (Lipinski definition) is 3. The molecule has 6 nitrogen and oxygen atoms in total. The Kier molecular flexibility index (Phi) is 7.19. The van der Waals surface area contributed by atoms with E-state index in [0.717, 1.165) is 25.7 Å². The maximum atomic E-state index is 12.0. The number of carbonyl (C=O) groups is 3. The predicted molar refractivity (Wildman–Crippen MR) is 78.7 cm³/mol. The van der Waals surface area contributed by atoms with Crippen LogP contribution in [0.15, 0.2) is 0 Å². The lowest BCUT2D eigenvalue weighted by molar-refractivity contribution is -0.144. The van der Waals surface area contributed by atoms with E-state index in [1.807, 2.05) is 6.92 Å². The summed E-state index contributed by atoms with van der Waals surface area (Å²) in [4.78, 5) is 36.7. The minimum Gasteiger partial charge on any atom is -0.480 e. The maximum absolute atomic E-state index is 12.0. The lowest BCUT2D eigenvalue weighted by Crippen LogP contribution is -2.49. The number of rotatable bonds is 6. The monoisotopic (exact) mass is 298 g/mol. The Bertz CT molecular complexity index is 384. The van der Waals surface area contributed by atoms with Crippen LogP contribution in [-0.4, -0.2) is 46.9 Å². The summed E-state index contributed by atoms with van der Waals surface area (Å²) >= 11 is 0. The van der Waals surface area contributed by atoms with E-state index in [1.165, 1.54) is 0 Å². The molecule has 2 amide bonds. The van der Waals surface area contributed by atoms with Crippen LogP contribution in [0.2, 0.25) is 0 Å². The standard InChI is InChI=1S/C15H26N2O4/c1-3-11(2)14(15(20)21)16-12(18)10-17-9-7-5-4-6-8-13(17)19/h11,14H,3-10H2,1-2H3,(H,16,18)(H,20,21). The molecule has 1 aliphatic rings. The van der Waals surface area contributed by atoms with Gasteiger partial charge in [0.25, 0.3) is 0 Å². The molecular formula is C15H26N2O4. The third-order valence-electron chi connectivity index (χ3n) is 4.05. The molecule has 0 aromatic heterocycles. The van der Waals surface area contributed by atoms with E-state index in [1.54, 1.807) is 11.8 Å². The summed E-state index contributed by atoms with van der Waals surface area (Å²) in [5.41, 5.74) is 0. The Morgan fingerprint density at radius 2 is 1.95 bits per heavy atom. The molecule has 6 heteroatoms. The van der Waals surface area contributed by atoms with Crippen LogP contribution in [0.4, 0.5) is 0 Å². The van der Waals surface area contributed by atoms with Gasteiger partial charge in [0, 0.05) is 13.0 Å². The fourth-order valence-corrected chi connectivity index (χ4v) is 2.46.